The van der Waals surface area contributed by atoms with Crippen LogP contribution in [0.2, 0.25) is 0 Å². The topological polar surface area (TPSA) is 46.5 Å². The van der Waals surface area contributed by atoms with E-state index in [-0.39, 0.29) is 11.8 Å². The molecule has 1 aromatic rings. The van der Waals surface area contributed by atoms with Gasteiger partial charge in [-0.25, -0.2) is 0 Å². The van der Waals surface area contributed by atoms with Gasteiger partial charge in [-0.05, 0) is 23.5 Å². The van der Waals surface area contributed by atoms with Crippen LogP contribution in [-0.2, 0) is 16.6 Å². The van der Waals surface area contributed by atoms with Crippen molar-refractivity contribution >= 4 is 5.97 Å². The van der Waals surface area contributed by atoms with E-state index in [2.05, 4.69) is 20.8 Å². The molecule has 0 fully saturated rings. The van der Waals surface area contributed by atoms with E-state index in [1.807, 2.05) is 18.2 Å². The number of carboxylic acids is 1. The summed E-state index contributed by atoms with van der Waals surface area (Å²) in [6, 6.07) is 5.80. The third kappa shape index (κ3) is 3.22. The fourth-order valence-corrected chi connectivity index (χ4v) is 1.70. The number of hydrogen-bond donors (Lipinski definition) is 1. The molecule has 94 valence electrons. The van der Waals surface area contributed by atoms with Crippen molar-refractivity contribution in [2.75, 3.05) is 7.11 Å². The van der Waals surface area contributed by atoms with E-state index in [4.69, 9.17) is 9.84 Å². The third-order valence-electron chi connectivity index (χ3n) is 3.29. The molecule has 1 rings (SSSR count). The molecule has 0 aliphatic carbocycles. The highest BCUT2D eigenvalue weighted by molar-refractivity contribution is 5.71. The van der Waals surface area contributed by atoms with Crippen molar-refractivity contribution in [3.8, 4) is 5.75 Å². The summed E-state index contributed by atoms with van der Waals surface area (Å²) in [5.74, 6) is -0.196. The summed E-state index contributed by atoms with van der Waals surface area (Å²) in [7, 11) is 1.56. The molecule has 0 spiro atoms. The highest BCUT2D eigenvalue weighted by atomic mass is 16.5. The molecule has 0 saturated heterocycles. The zero-order valence-corrected chi connectivity index (χ0v) is 10.9. The standard InChI is InChI=1S/C14H20O3/c1-5-14(2,3)11-6-7-12(17-4)10(8-11)9-13(15)16/h6-8H,5,9H2,1-4H3,(H,15,16). The predicted molar refractivity (Wildman–Crippen MR) is 67.7 cm³/mol. The molecule has 0 aromatic heterocycles. The first-order chi connectivity index (χ1) is 7.90. The van der Waals surface area contributed by atoms with Crippen molar-refractivity contribution in [3.63, 3.8) is 0 Å². The molecule has 0 aliphatic heterocycles. The number of methoxy groups -OCH3 is 1. The highest BCUT2D eigenvalue weighted by Crippen LogP contribution is 2.30. The van der Waals surface area contributed by atoms with Gasteiger partial charge in [0.2, 0.25) is 0 Å². The van der Waals surface area contributed by atoms with Crippen molar-refractivity contribution in [1.82, 2.24) is 0 Å². The van der Waals surface area contributed by atoms with Crippen LogP contribution in [-0.4, -0.2) is 18.2 Å². The number of rotatable bonds is 5. The molecule has 0 unspecified atom stereocenters. The zero-order valence-electron chi connectivity index (χ0n) is 10.9. The van der Waals surface area contributed by atoms with Gasteiger partial charge >= 0.3 is 5.97 Å². The number of carbonyl (C=O) groups is 1. The van der Waals surface area contributed by atoms with E-state index < -0.39 is 5.97 Å². The molecule has 1 aromatic carbocycles. The molecular weight excluding hydrogens is 216 g/mol. The van der Waals surface area contributed by atoms with E-state index >= 15 is 0 Å². The second-order valence-corrected chi connectivity index (χ2v) is 4.83. The predicted octanol–water partition coefficient (Wildman–Crippen LogP) is 3.01. The molecule has 17 heavy (non-hydrogen) atoms. The minimum Gasteiger partial charge on any atom is -0.496 e. The first kappa shape index (κ1) is 13.6. The minimum atomic E-state index is -0.838. The first-order valence-electron chi connectivity index (χ1n) is 5.80. The molecule has 0 aliphatic rings. The SMILES string of the molecule is CCC(C)(C)c1ccc(OC)c(CC(=O)O)c1. The molecule has 0 radical (unpaired) electrons. The number of ether oxygens (including phenoxy) is 1. The average Bonchev–Trinajstić information content (AvgIpc) is 2.28. The summed E-state index contributed by atoms with van der Waals surface area (Å²) in [5.41, 5.74) is 1.94. The Morgan fingerprint density at radius 1 is 1.41 bits per heavy atom. The van der Waals surface area contributed by atoms with E-state index in [0.717, 1.165) is 17.5 Å². The van der Waals surface area contributed by atoms with Crippen molar-refractivity contribution < 1.29 is 14.6 Å². The maximum Gasteiger partial charge on any atom is 0.307 e. The lowest BCUT2D eigenvalue weighted by atomic mass is 9.81. The maximum atomic E-state index is 10.8. The monoisotopic (exact) mass is 236 g/mol. The summed E-state index contributed by atoms with van der Waals surface area (Å²) in [4.78, 5) is 10.8. The number of benzene rings is 1. The largest absolute Gasteiger partial charge is 0.496 e. The fourth-order valence-electron chi connectivity index (χ4n) is 1.70. The van der Waals surface area contributed by atoms with Crippen LogP contribution in [0.1, 0.15) is 38.3 Å². The molecule has 0 amide bonds. The first-order valence-corrected chi connectivity index (χ1v) is 5.80. The Balaban J connectivity index is 3.17. The van der Waals surface area contributed by atoms with Crippen molar-refractivity contribution in [2.45, 2.75) is 39.0 Å². The molecule has 3 nitrogen and oxygen atoms in total. The molecule has 1 N–H and O–H groups in total. The van der Waals surface area contributed by atoms with Gasteiger partial charge in [-0.2, -0.15) is 0 Å². The van der Waals surface area contributed by atoms with E-state index in [1.54, 1.807) is 7.11 Å². The average molecular weight is 236 g/mol. The quantitative estimate of drug-likeness (QED) is 0.854. The van der Waals surface area contributed by atoms with Crippen molar-refractivity contribution in [2.24, 2.45) is 0 Å². The molecule has 0 atom stereocenters. The van der Waals surface area contributed by atoms with Gasteiger partial charge in [0.05, 0.1) is 13.5 Å². The Morgan fingerprint density at radius 3 is 2.53 bits per heavy atom. The zero-order chi connectivity index (χ0) is 13.1. The summed E-state index contributed by atoms with van der Waals surface area (Å²) in [6.45, 7) is 6.43. The minimum absolute atomic E-state index is 0.00317. The van der Waals surface area contributed by atoms with Gasteiger partial charge in [0.1, 0.15) is 5.75 Å². The van der Waals surface area contributed by atoms with Crippen LogP contribution in [0.15, 0.2) is 18.2 Å². The number of aliphatic carboxylic acids is 1. The molecule has 3 heteroatoms. The summed E-state index contributed by atoms with van der Waals surface area (Å²) >= 11 is 0. The van der Waals surface area contributed by atoms with Crippen LogP contribution in [0, 0.1) is 0 Å². The van der Waals surface area contributed by atoms with Crippen LogP contribution in [0.3, 0.4) is 0 Å². The van der Waals surface area contributed by atoms with Gasteiger partial charge in [0.15, 0.2) is 0 Å². The smallest absolute Gasteiger partial charge is 0.307 e. The van der Waals surface area contributed by atoms with Crippen molar-refractivity contribution in [3.05, 3.63) is 29.3 Å². The van der Waals surface area contributed by atoms with Crippen LogP contribution < -0.4 is 4.74 Å². The van der Waals surface area contributed by atoms with E-state index in [9.17, 15) is 4.79 Å². The van der Waals surface area contributed by atoms with Crippen LogP contribution in [0.5, 0.6) is 5.75 Å². The second-order valence-electron chi connectivity index (χ2n) is 4.83. The maximum absolute atomic E-state index is 10.8. The highest BCUT2D eigenvalue weighted by Gasteiger charge is 2.20. The molecule has 0 bridgehead atoms. The van der Waals surface area contributed by atoms with E-state index in [0.29, 0.717) is 5.75 Å². The van der Waals surface area contributed by atoms with Crippen LogP contribution in [0.25, 0.3) is 0 Å². The van der Waals surface area contributed by atoms with Crippen LogP contribution >= 0.6 is 0 Å². The van der Waals surface area contributed by atoms with Crippen LogP contribution in [0.4, 0.5) is 0 Å². The van der Waals surface area contributed by atoms with Gasteiger partial charge in [0, 0.05) is 5.56 Å². The van der Waals surface area contributed by atoms with Gasteiger partial charge in [-0.3, -0.25) is 4.79 Å². The lowest BCUT2D eigenvalue weighted by Crippen LogP contribution is -2.16. The summed E-state index contributed by atoms with van der Waals surface area (Å²) < 4.78 is 5.18. The van der Waals surface area contributed by atoms with Crippen molar-refractivity contribution in [1.29, 1.82) is 0 Å². The lowest BCUT2D eigenvalue weighted by molar-refractivity contribution is -0.136. The van der Waals surface area contributed by atoms with Gasteiger partial charge in [-0.15, -0.1) is 0 Å². The second kappa shape index (κ2) is 5.21. The Bertz CT molecular complexity index is 408. The Hall–Kier alpha value is -1.51. The molecule has 0 saturated carbocycles. The normalized spacial score (nSPS) is 11.3. The number of carboxylic acid groups (broad SMARTS) is 1. The van der Waals surface area contributed by atoms with Gasteiger partial charge < -0.3 is 9.84 Å². The Morgan fingerprint density at radius 2 is 2.06 bits per heavy atom. The third-order valence-corrected chi connectivity index (χ3v) is 3.29. The summed E-state index contributed by atoms with van der Waals surface area (Å²) in [6.07, 6.45) is 1.00. The Labute approximate surface area is 102 Å². The van der Waals surface area contributed by atoms with Gasteiger partial charge in [-0.1, -0.05) is 32.9 Å². The lowest BCUT2D eigenvalue weighted by Gasteiger charge is -2.24. The number of hydrogen-bond acceptors (Lipinski definition) is 2. The fraction of sp³-hybridized carbons (Fsp3) is 0.500. The van der Waals surface area contributed by atoms with Gasteiger partial charge in [0.25, 0.3) is 0 Å². The summed E-state index contributed by atoms with van der Waals surface area (Å²) in [5, 5.41) is 8.88. The molecule has 0 heterocycles. The van der Waals surface area contributed by atoms with E-state index in [1.165, 1.54) is 0 Å². The Kier molecular flexibility index (Phi) is 4.16. The molecular formula is C14H20O3.